The lowest BCUT2D eigenvalue weighted by atomic mass is 10.0. The normalized spacial score (nSPS) is 12.2. The second-order valence-corrected chi connectivity index (χ2v) is 4.34. The van der Waals surface area contributed by atoms with Crippen molar-refractivity contribution in [2.45, 2.75) is 18.9 Å². The summed E-state index contributed by atoms with van der Waals surface area (Å²) >= 11 is 11.6. The quantitative estimate of drug-likeness (QED) is 0.825. The molecule has 0 radical (unpaired) electrons. The van der Waals surface area contributed by atoms with Gasteiger partial charge in [0.25, 0.3) is 0 Å². The van der Waals surface area contributed by atoms with E-state index in [-0.39, 0.29) is 12.2 Å². The molecule has 1 aromatic carbocycles. The van der Waals surface area contributed by atoms with Crippen LogP contribution in [0, 0.1) is 0 Å². The summed E-state index contributed by atoms with van der Waals surface area (Å²) in [7, 11) is 0. The van der Waals surface area contributed by atoms with E-state index in [1.807, 2.05) is 0 Å². The van der Waals surface area contributed by atoms with E-state index in [9.17, 15) is 4.79 Å². The summed E-state index contributed by atoms with van der Waals surface area (Å²) < 4.78 is 0. The van der Waals surface area contributed by atoms with Crippen LogP contribution in [0.4, 0.5) is 0 Å². The van der Waals surface area contributed by atoms with Gasteiger partial charge in [0.2, 0.25) is 0 Å². The maximum absolute atomic E-state index is 11.6. The van der Waals surface area contributed by atoms with E-state index in [1.54, 1.807) is 24.3 Å². The fourth-order valence-electron chi connectivity index (χ4n) is 1.29. The Kier molecular flexibility index (Phi) is 5.00. The Hall–Kier alpha value is -0.830. The average molecular weight is 258 g/mol. The summed E-state index contributed by atoms with van der Waals surface area (Å²) in [6.45, 7) is 3.55. The van der Waals surface area contributed by atoms with Crippen molar-refractivity contribution in [2.24, 2.45) is 5.73 Å². The monoisotopic (exact) mass is 257 g/mol. The molecule has 0 saturated carbocycles. The summed E-state index contributed by atoms with van der Waals surface area (Å²) in [6, 6.07) is 4.63. The van der Waals surface area contributed by atoms with Gasteiger partial charge in [-0.15, -0.1) is 6.58 Å². The highest BCUT2D eigenvalue weighted by molar-refractivity contribution is 6.42. The van der Waals surface area contributed by atoms with Gasteiger partial charge in [-0.2, -0.15) is 0 Å². The van der Waals surface area contributed by atoms with Gasteiger partial charge < -0.3 is 5.73 Å². The Morgan fingerprint density at radius 3 is 2.69 bits per heavy atom. The Labute approximate surface area is 105 Å². The van der Waals surface area contributed by atoms with E-state index in [4.69, 9.17) is 28.9 Å². The number of carbonyl (C=O) groups is 1. The zero-order valence-corrected chi connectivity index (χ0v) is 10.3. The van der Waals surface area contributed by atoms with Crippen molar-refractivity contribution in [3.05, 3.63) is 46.5 Å². The largest absolute Gasteiger partial charge is 0.321 e. The first kappa shape index (κ1) is 13.2. The first-order valence-corrected chi connectivity index (χ1v) is 5.63. The molecule has 0 aliphatic carbocycles. The van der Waals surface area contributed by atoms with Crippen LogP contribution >= 0.6 is 23.2 Å². The predicted molar refractivity (Wildman–Crippen MR) is 68.0 cm³/mol. The lowest BCUT2D eigenvalue weighted by Crippen LogP contribution is -2.31. The van der Waals surface area contributed by atoms with Crippen molar-refractivity contribution in [2.75, 3.05) is 0 Å². The van der Waals surface area contributed by atoms with Crippen LogP contribution in [0.15, 0.2) is 30.9 Å². The number of benzene rings is 1. The number of nitrogens with two attached hydrogens (primary N) is 1. The first-order chi connectivity index (χ1) is 7.54. The Morgan fingerprint density at radius 2 is 2.12 bits per heavy atom. The second-order valence-electron chi connectivity index (χ2n) is 3.52. The minimum absolute atomic E-state index is 0.0294. The van der Waals surface area contributed by atoms with E-state index in [0.29, 0.717) is 16.5 Å². The first-order valence-electron chi connectivity index (χ1n) is 4.87. The standard InChI is InChI=1S/C12H13Cl2NO/c1-2-3-11(15)12(16)7-8-4-5-9(13)10(14)6-8/h2,4-6,11H,1,3,7,15H2. The second kappa shape index (κ2) is 6.04. The molecule has 0 heterocycles. The maximum Gasteiger partial charge on any atom is 0.154 e. The SMILES string of the molecule is C=CCC(N)C(=O)Cc1ccc(Cl)c(Cl)c1. The molecule has 1 aromatic rings. The van der Waals surface area contributed by atoms with E-state index < -0.39 is 6.04 Å². The Morgan fingerprint density at radius 1 is 1.44 bits per heavy atom. The molecule has 0 aromatic heterocycles. The molecule has 2 N–H and O–H groups in total. The summed E-state index contributed by atoms with van der Waals surface area (Å²) in [6.07, 6.45) is 2.39. The molecule has 0 bridgehead atoms. The molecule has 1 atom stereocenters. The third-order valence-corrected chi connectivity index (χ3v) is 2.94. The predicted octanol–water partition coefficient (Wildman–Crippen LogP) is 3.01. The van der Waals surface area contributed by atoms with Crippen LogP contribution in [0.2, 0.25) is 10.0 Å². The minimum atomic E-state index is -0.494. The molecule has 1 rings (SSSR count). The number of halogens is 2. The number of carbonyl (C=O) groups excluding carboxylic acids is 1. The molecule has 1 unspecified atom stereocenters. The van der Waals surface area contributed by atoms with Gasteiger partial charge in [0.05, 0.1) is 16.1 Å². The summed E-state index contributed by atoms with van der Waals surface area (Å²) in [5.41, 5.74) is 6.48. The third kappa shape index (κ3) is 3.63. The van der Waals surface area contributed by atoms with Crippen LogP contribution in [0.25, 0.3) is 0 Å². The van der Waals surface area contributed by atoms with Crippen LogP contribution in [0.3, 0.4) is 0 Å². The number of ketones is 1. The zero-order chi connectivity index (χ0) is 12.1. The van der Waals surface area contributed by atoms with Gasteiger partial charge in [-0.3, -0.25) is 4.79 Å². The van der Waals surface area contributed by atoms with E-state index in [2.05, 4.69) is 6.58 Å². The Bertz CT molecular complexity index is 404. The molecule has 4 heteroatoms. The molecule has 0 spiro atoms. The van der Waals surface area contributed by atoms with Gasteiger partial charge in [-0.25, -0.2) is 0 Å². The Balaban J connectivity index is 2.69. The number of hydrogen-bond donors (Lipinski definition) is 1. The maximum atomic E-state index is 11.6. The molecule has 0 amide bonds. The van der Waals surface area contributed by atoms with Crippen LogP contribution in [0.1, 0.15) is 12.0 Å². The molecule has 2 nitrogen and oxygen atoms in total. The molecule has 86 valence electrons. The highest BCUT2D eigenvalue weighted by Gasteiger charge is 2.12. The van der Waals surface area contributed by atoms with Crippen LogP contribution in [-0.4, -0.2) is 11.8 Å². The molecule has 0 aliphatic heterocycles. The summed E-state index contributed by atoms with van der Waals surface area (Å²) in [4.78, 5) is 11.6. The van der Waals surface area contributed by atoms with Crippen LogP contribution < -0.4 is 5.73 Å². The van der Waals surface area contributed by atoms with Gasteiger partial charge >= 0.3 is 0 Å². The fourth-order valence-corrected chi connectivity index (χ4v) is 1.61. The molecule has 16 heavy (non-hydrogen) atoms. The van der Waals surface area contributed by atoms with Crippen molar-refractivity contribution in [1.29, 1.82) is 0 Å². The van der Waals surface area contributed by atoms with Crippen molar-refractivity contribution < 1.29 is 4.79 Å². The highest BCUT2D eigenvalue weighted by Crippen LogP contribution is 2.22. The van der Waals surface area contributed by atoms with Gasteiger partial charge in [0.15, 0.2) is 5.78 Å². The summed E-state index contributed by atoms with van der Waals surface area (Å²) in [5.74, 6) is -0.0294. The van der Waals surface area contributed by atoms with Crippen molar-refractivity contribution >= 4 is 29.0 Å². The highest BCUT2D eigenvalue weighted by atomic mass is 35.5. The van der Waals surface area contributed by atoms with Gasteiger partial charge in [-0.05, 0) is 24.1 Å². The fraction of sp³-hybridized carbons (Fsp3) is 0.250. The lowest BCUT2D eigenvalue weighted by Gasteiger charge is -2.08. The van der Waals surface area contributed by atoms with Gasteiger partial charge in [-0.1, -0.05) is 35.3 Å². The average Bonchev–Trinajstić information content (AvgIpc) is 2.24. The van der Waals surface area contributed by atoms with Crippen LogP contribution in [0.5, 0.6) is 0 Å². The molecule has 0 aliphatic rings. The molecule has 0 saturated heterocycles. The van der Waals surface area contributed by atoms with Crippen molar-refractivity contribution in [1.82, 2.24) is 0 Å². The van der Waals surface area contributed by atoms with E-state index in [0.717, 1.165) is 5.56 Å². The molecular formula is C12H13Cl2NO. The van der Waals surface area contributed by atoms with E-state index >= 15 is 0 Å². The third-order valence-electron chi connectivity index (χ3n) is 2.20. The van der Waals surface area contributed by atoms with Crippen molar-refractivity contribution in [3.8, 4) is 0 Å². The van der Waals surface area contributed by atoms with E-state index in [1.165, 1.54) is 0 Å². The van der Waals surface area contributed by atoms with Gasteiger partial charge in [0, 0.05) is 6.42 Å². The summed E-state index contributed by atoms with van der Waals surface area (Å²) in [5, 5.41) is 0.928. The number of Topliss-reactive ketones (excluding diaryl/α,β-unsaturated/α-hetero) is 1. The molecular weight excluding hydrogens is 245 g/mol. The van der Waals surface area contributed by atoms with Crippen molar-refractivity contribution in [3.63, 3.8) is 0 Å². The topological polar surface area (TPSA) is 43.1 Å². The van der Waals surface area contributed by atoms with Gasteiger partial charge in [0.1, 0.15) is 0 Å². The number of rotatable bonds is 5. The zero-order valence-electron chi connectivity index (χ0n) is 8.75. The van der Waals surface area contributed by atoms with Crippen LogP contribution in [-0.2, 0) is 11.2 Å². The smallest absolute Gasteiger partial charge is 0.154 e. The minimum Gasteiger partial charge on any atom is -0.321 e. The molecule has 0 fully saturated rings. The lowest BCUT2D eigenvalue weighted by molar-refractivity contribution is -0.119. The number of hydrogen-bond acceptors (Lipinski definition) is 2.